The van der Waals surface area contributed by atoms with Crippen molar-refractivity contribution in [1.82, 2.24) is 9.13 Å². The Hall–Kier alpha value is -8.65. The molecule has 2 heterocycles. The molecule has 0 spiro atoms. The number of halogens is 3. The number of rotatable bonds is 6. The number of hydrogen-bond donors (Lipinski definition) is 0. The van der Waals surface area contributed by atoms with Crippen molar-refractivity contribution in [3.63, 3.8) is 0 Å². The average Bonchev–Trinajstić information content (AvgIpc) is 3.85. The highest BCUT2D eigenvalue weighted by Crippen LogP contribution is 2.45. The summed E-state index contributed by atoms with van der Waals surface area (Å²) in [6.45, 7) is 7.99. The van der Waals surface area contributed by atoms with Crippen LogP contribution < -0.4 is 0 Å². The topological polar surface area (TPSA) is 38.0 Å². The van der Waals surface area contributed by atoms with E-state index in [0.717, 1.165) is 100 Å². The van der Waals surface area contributed by atoms with Crippen molar-refractivity contribution in [3.05, 3.63) is 223 Å². The number of aromatic nitrogens is 2. The van der Waals surface area contributed by atoms with Gasteiger partial charge in [0.2, 0.25) is 0 Å². The predicted octanol–water partition coefficient (Wildman–Crippen LogP) is 16.0. The Kier molecular flexibility index (Phi) is 9.01. The Balaban J connectivity index is 1.22. The molecule has 302 valence electrons. The van der Waals surface area contributed by atoms with Crippen LogP contribution in [-0.4, -0.2) is 9.13 Å². The first kappa shape index (κ1) is 38.3. The summed E-state index contributed by atoms with van der Waals surface area (Å²) in [7, 11) is 0. The van der Waals surface area contributed by atoms with E-state index in [1.807, 2.05) is 91.0 Å². The van der Waals surface area contributed by atoms with Crippen molar-refractivity contribution < 1.29 is 13.2 Å². The molecule has 11 rings (SSSR count). The molecule has 0 N–H and O–H groups in total. The van der Waals surface area contributed by atoms with Gasteiger partial charge in [-0.2, -0.15) is 18.4 Å². The maximum absolute atomic E-state index is 14.0. The maximum Gasteiger partial charge on any atom is 0.415 e. The second kappa shape index (κ2) is 15.1. The second-order valence-electron chi connectivity index (χ2n) is 15.8. The van der Waals surface area contributed by atoms with Crippen molar-refractivity contribution in [3.8, 4) is 62.0 Å². The van der Waals surface area contributed by atoms with E-state index >= 15 is 0 Å². The highest BCUT2D eigenvalue weighted by molar-refractivity contribution is 6.13. The third-order valence-corrected chi connectivity index (χ3v) is 12.2. The summed E-state index contributed by atoms with van der Waals surface area (Å²) in [5.41, 5.74) is 11.7. The zero-order valence-corrected chi connectivity index (χ0v) is 34.0. The fraction of sp³-hybridized carbons (Fsp3) is 0.0175. The standard InChI is InChI=1S/C57H33F3N4/c1-62-50-34-42(57(58,59)60)24-26-43(50)41-23-29-54(63-51-18-10-8-16-44(51)47-31-39(21-27-53(47)63)37-12-4-2-5-13-37)49(33-41)46-25-20-36(35-61)30-56(46)64-52-19-11-9-17-45(52)48-32-40(22-28-55(48)64)38-14-6-3-7-15-38/h2-34H. The minimum atomic E-state index is -4.61. The van der Waals surface area contributed by atoms with Crippen LogP contribution in [0.5, 0.6) is 0 Å². The summed E-state index contributed by atoms with van der Waals surface area (Å²) in [5, 5.41) is 14.6. The van der Waals surface area contributed by atoms with Crippen molar-refractivity contribution >= 4 is 49.3 Å². The van der Waals surface area contributed by atoms with Gasteiger partial charge < -0.3 is 9.13 Å². The third-order valence-electron chi connectivity index (χ3n) is 12.2. The average molecular weight is 831 g/mol. The first-order chi connectivity index (χ1) is 31.3. The number of para-hydroxylation sites is 2. The molecular weight excluding hydrogens is 798 g/mol. The molecule has 0 radical (unpaired) electrons. The SMILES string of the molecule is [C-]#[N+]c1cc(C(F)(F)F)ccc1-c1ccc(-n2c3ccccc3c3cc(-c4ccccc4)ccc32)c(-c2ccc(C#N)cc2-n2c3ccccc3c3cc(-c4ccccc4)ccc32)c1. The van der Waals surface area contributed by atoms with Gasteiger partial charge in [-0.15, -0.1) is 0 Å². The van der Waals surface area contributed by atoms with Crippen LogP contribution in [-0.2, 0) is 6.18 Å². The lowest BCUT2D eigenvalue weighted by Gasteiger charge is -2.20. The number of alkyl halides is 3. The summed E-state index contributed by atoms with van der Waals surface area (Å²) in [5.74, 6) is 0. The van der Waals surface area contributed by atoms with Crippen LogP contribution in [0.25, 0.3) is 104 Å². The monoisotopic (exact) mass is 830 g/mol. The molecule has 0 saturated carbocycles. The van der Waals surface area contributed by atoms with E-state index in [9.17, 15) is 18.4 Å². The molecule has 0 aliphatic carbocycles. The number of fused-ring (bicyclic) bond motifs is 6. The van der Waals surface area contributed by atoms with Gasteiger partial charge in [0.15, 0.2) is 5.69 Å². The van der Waals surface area contributed by atoms with E-state index in [1.54, 1.807) is 6.07 Å². The molecule has 9 aromatic carbocycles. The molecule has 0 fully saturated rings. The molecule has 64 heavy (non-hydrogen) atoms. The van der Waals surface area contributed by atoms with Crippen LogP contribution in [0.3, 0.4) is 0 Å². The third kappa shape index (κ3) is 6.30. The zero-order chi connectivity index (χ0) is 43.5. The van der Waals surface area contributed by atoms with Gasteiger partial charge in [0.25, 0.3) is 0 Å². The Morgan fingerprint density at radius 2 is 0.938 bits per heavy atom. The smallest absolute Gasteiger partial charge is 0.309 e. The minimum Gasteiger partial charge on any atom is -0.309 e. The van der Waals surface area contributed by atoms with Crippen molar-refractivity contribution in [1.29, 1.82) is 5.26 Å². The Morgan fingerprint density at radius 1 is 0.422 bits per heavy atom. The van der Waals surface area contributed by atoms with E-state index in [0.29, 0.717) is 16.7 Å². The quantitative estimate of drug-likeness (QED) is 0.154. The lowest BCUT2D eigenvalue weighted by Crippen LogP contribution is -2.04. The molecule has 0 bridgehead atoms. The summed E-state index contributed by atoms with van der Waals surface area (Å²) in [6, 6.07) is 67.1. The van der Waals surface area contributed by atoms with Gasteiger partial charge in [0.1, 0.15) is 0 Å². The van der Waals surface area contributed by atoms with E-state index in [4.69, 9.17) is 6.57 Å². The summed E-state index contributed by atoms with van der Waals surface area (Å²) < 4.78 is 46.3. The van der Waals surface area contributed by atoms with Crippen LogP contribution in [0.4, 0.5) is 18.9 Å². The van der Waals surface area contributed by atoms with Crippen LogP contribution in [0.1, 0.15) is 11.1 Å². The Bertz CT molecular complexity index is 3730. The number of hydrogen-bond acceptors (Lipinski definition) is 1. The minimum absolute atomic E-state index is 0.101. The zero-order valence-electron chi connectivity index (χ0n) is 34.0. The Morgan fingerprint density at radius 3 is 1.50 bits per heavy atom. The Labute approximate surface area is 366 Å². The number of nitrogens with zero attached hydrogens (tertiary/aromatic N) is 4. The molecule has 11 aromatic rings. The van der Waals surface area contributed by atoms with Gasteiger partial charge in [-0.25, -0.2) is 4.85 Å². The van der Waals surface area contributed by atoms with Gasteiger partial charge in [-0.05, 0) is 100 Å². The fourth-order valence-electron chi connectivity index (χ4n) is 9.26. The van der Waals surface area contributed by atoms with Gasteiger partial charge in [0.05, 0.1) is 51.6 Å². The maximum atomic E-state index is 14.0. The van der Waals surface area contributed by atoms with Gasteiger partial charge >= 0.3 is 6.18 Å². The highest BCUT2D eigenvalue weighted by Gasteiger charge is 2.31. The van der Waals surface area contributed by atoms with E-state index in [1.165, 1.54) is 6.07 Å². The van der Waals surface area contributed by atoms with Crippen LogP contribution in [0.15, 0.2) is 200 Å². The first-order valence-electron chi connectivity index (χ1n) is 20.7. The van der Waals surface area contributed by atoms with E-state index < -0.39 is 11.7 Å². The van der Waals surface area contributed by atoms with Crippen LogP contribution in [0.2, 0.25) is 0 Å². The fourth-order valence-corrected chi connectivity index (χ4v) is 9.26. The summed E-state index contributed by atoms with van der Waals surface area (Å²) in [6.07, 6.45) is -4.61. The largest absolute Gasteiger partial charge is 0.415 e. The lowest BCUT2D eigenvalue weighted by molar-refractivity contribution is -0.137. The van der Waals surface area contributed by atoms with Crippen molar-refractivity contribution in [2.24, 2.45) is 0 Å². The van der Waals surface area contributed by atoms with Gasteiger partial charge in [-0.3, -0.25) is 0 Å². The molecule has 4 nitrogen and oxygen atoms in total. The molecule has 0 atom stereocenters. The first-order valence-corrected chi connectivity index (χ1v) is 20.7. The highest BCUT2D eigenvalue weighted by atomic mass is 19.4. The molecule has 0 amide bonds. The normalized spacial score (nSPS) is 11.6. The second-order valence-corrected chi connectivity index (χ2v) is 15.8. The van der Waals surface area contributed by atoms with Crippen molar-refractivity contribution in [2.75, 3.05) is 0 Å². The predicted molar refractivity (Wildman–Crippen MR) is 253 cm³/mol. The van der Waals surface area contributed by atoms with Gasteiger partial charge in [0, 0.05) is 38.2 Å². The van der Waals surface area contributed by atoms with E-state index in [2.05, 4.69) is 105 Å². The lowest BCUT2D eigenvalue weighted by atomic mass is 9.93. The van der Waals surface area contributed by atoms with Crippen LogP contribution in [0, 0.1) is 17.9 Å². The summed E-state index contributed by atoms with van der Waals surface area (Å²) in [4.78, 5) is 3.59. The summed E-state index contributed by atoms with van der Waals surface area (Å²) >= 11 is 0. The molecule has 0 unspecified atom stereocenters. The molecule has 2 aromatic heterocycles. The molecular formula is C57H33F3N4. The van der Waals surface area contributed by atoms with E-state index in [-0.39, 0.29) is 5.69 Å². The molecule has 0 aliphatic heterocycles. The number of benzene rings is 9. The van der Waals surface area contributed by atoms with Crippen molar-refractivity contribution in [2.45, 2.75) is 6.18 Å². The molecule has 7 heteroatoms. The van der Waals surface area contributed by atoms with Gasteiger partial charge in [-0.1, -0.05) is 133 Å². The molecule has 0 saturated heterocycles. The van der Waals surface area contributed by atoms with Crippen LogP contribution >= 0.6 is 0 Å². The number of nitriles is 1. The molecule has 0 aliphatic rings.